The molecule has 0 aliphatic heterocycles. The molecule has 1 N–H and O–H groups in total. The van der Waals surface area contributed by atoms with E-state index in [1.54, 1.807) is 42.5 Å². The van der Waals surface area contributed by atoms with E-state index in [0.717, 1.165) is 27.8 Å². The molecule has 1 heterocycles. The zero-order valence-electron chi connectivity index (χ0n) is 19.7. The lowest BCUT2D eigenvalue weighted by atomic mass is 10.1. The average Bonchev–Trinajstić information content (AvgIpc) is 2.85. The van der Waals surface area contributed by atoms with Gasteiger partial charge < -0.3 is 5.32 Å². The van der Waals surface area contributed by atoms with Crippen LogP contribution in [-0.2, 0) is 24.1 Å². The largest absolute Gasteiger partial charge is 0.416 e. The second-order valence-corrected chi connectivity index (χ2v) is 8.64. The first kappa shape index (κ1) is 25.0. The summed E-state index contributed by atoms with van der Waals surface area (Å²) in [5, 5.41) is 2.90. The number of nitrogens with one attached hydrogen (secondary N) is 1. The van der Waals surface area contributed by atoms with Crippen molar-refractivity contribution < 1.29 is 18.0 Å². The number of carbonyl (C=O) groups excluding carboxylic acids is 1. The minimum Gasteiger partial charge on any atom is -0.350 e. The topological polar surface area (TPSA) is 73.1 Å². The molecule has 6 nitrogen and oxygen atoms in total. The molecule has 1 unspecified atom stereocenters. The summed E-state index contributed by atoms with van der Waals surface area (Å²) in [6.45, 7) is 3.21. The normalized spacial score (nSPS) is 12.5. The van der Waals surface area contributed by atoms with Crippen LogP contribution in [-0.4, -0.2) is 15.0 Å². The molecule has 36 heavy (non-hydrogen) atoms. The van der Waals surface area contributed by atoms with Gasteiger partial charge in [0.2, 0.25) is 5.91 Å². The van der Waals surface area contributed by atoms with E-state index in [4.69, 9.17) is 0 Å². The van der Waals surface area contributed by atoms with E-state index < -0.39 is 34.9 Å². The van der Waals surface area contributed by atoms with E-state index in [1.807, 2.05) is 13.0 Å². The van der Waals surface area contributed by atoms with Gasteiger partial charge in [0.25, 0.3) is 5.56 Å². The van der Waals surface area contributed by atoms with Crippen molar-refractivity contribution in [2.75, 3.05) is 0 Å². The molecule has 1 atom stereocenters. The standard InChI is InChI=1S/C27H24F3N3O3/c1-17-11-12-23-22(13-17)25(35)32(16-19-7-4-3-5-8-19)26(36)33(23)18(2)24(34)31-15-20-9-6-10-21(14-20)27(28,29)30/h3-14,18H,15-16H2,1-2H3,(H,31,34). The summed E-state index contributed by atoms with van der Waals surface area (Å²) in [6, 6.07) is 17.7. The van der Waals surface area contributed by atoms with E-state index in [2.05, 4.69) is 5.32 Å². The first-order valence-electron chi connectivity index (χ1n) is 11.3. The summed E-state index contributed by atoms with van der Waals surface area (Å²) in [5.74, 6) is -0.568. The lowest BCUT2D eigenvalue weighted by molar-refractivity contribution is -0.137. The highest BCUT2D eigenvalue weighted by atomic mass is 19.4. The van der Waals surface area contributed by atoms with Crippen molar-refractivity contribution in [3.05, 3.63) is 116 Å². The Labute approximate surface area is 204 Å². The van der Waals surface area contributed by atoms with Gasteiger partial charge >= 0.3 is 11.9 Å². The summed E-state index contributed by atoms with van der Waals surface area (Å²) in [4.78, 5) is 39.8. The summed E-state index contributed by atoms with van der Waals surface area (Å²) in [5.41, 5.74) is 0.216. The molecule has 0 radical (unpaired) electrons. The Morgan fingerprint density at radius 1 is 0.944 bits per heavy atom. The average molecular weight is 496 g/mol. The molecule has 1 aromatic heterocycles. The number of benzene rings is 3. The number of hydrogen-bond acceptors (Lipinski definition) is 3. The summed E-state index contributed by atoms with van der Waals surface area (Å²) < 4.78 is 41.4. The molecular formula is C27H24F3N3O3. The molecule has 4 rings (SSSR count). The van der Waals surface area contributed by atoms with Crippen molar-refractivity contribution >= 4 is 16.8 Å². The fourth-order valence-electron chi connectivity index (χ4n) is 4.09. The van der Waals surface area contributed by atoms with Crippen molar-refractivity contribution in [3.63, 3.8) is 0 Å². The van der Waals surface area contributed by atoms with Crippen LogP contribution in [0.3, 0.4) is 0 Å². The van der Waals surface area contributed by atoms with Crippen molar-refractivity contribution in [1.82, 2.24) is 14.5 Å². The van der Waals surface area contributed by atoms with E-state index in [1.165, 1.54) is 23.6 Å². The predicted molar refractivity (Wildman–Crippen MR) is 131 cm³/mol. The molecule has 0 saturated heterocycles. The van der Waals surface area contributed by atoms with Gasteiger partial charge in [-0.1, -0.05) is 54.1 Å². The van der Waals surface area contributed by atoms with E-state index in [0.29, 0.717) is 10.9 Å². The molecule has 0 fully saturated rings. The van der Waals surface area contributed by atoms with Gasteiger partial charge in [0.05, 0.1) is 23.0 Å². The van der Waals surface area contributed by atoms with E-state index in [9.17, 15) is 27.6 Å². The van der Waals surface area contributed by atoms with Gasteiger partial charge in [0.1, 0.15) is 6.04 Å². The highest BCUT2D eigenvalue weighted by Gasteiger charge is 2.30. The maximum atomic E-state index is 13.5. The lowest BCUT2D eigenvalue weighted by Crippen LogP contribution is -2.44. The number of halogens is 3. The number of amides is 1. The molecular weight excluding hydrogens is 471 g/mol. The van der Waals surface area contributed by atoms with Gasteiger partial charge in [-0.25, -0.2) is 4.79 Å². The van der Waals surface area contributed by atoms with Crippen LogP contribution in [0.25, 0.3) is 10.9 Å². The Morgan fingerprint density at radius 2 is 1.64 bits per heavy atom. The number of hydrogen-bond donors (Lipinski definition) is 1. The third kappa shape index (κ3) is 5.10. The van der Waals surface area contributed by atoms with Crippen LogP contribution in [0.2, 0.25) is 0 Å². The van der Waals surface area contributed by atoms with Crippen molar-refractivity contribution in [2.24, 2.45) is 0 Å². The third-order valence-electron chi connectivity index (χ3n) is 6.00. The Morgan fingerprint density at radius 3 is 2.33 bits per heavy atom. The molecule has 0 aliphatic carbocycles. The Kier molecular flexibility index (Phi) is 6.83. The highest BCUT2D eigenvalue weighted by molar-refractivity contribution is 5.84. The van der Waals surface area contributed by atoms with Crippen LogP contribution in [0.15, 0.2) is 82.4 Å². The fourth-order valence-corrected chi connectivity index (χ4v) is 4.09. The molecule has 4 aromatic rings. The summed E-state index contributed by atoms with van der Waals surface area (Å²) in [6.07, 6.45) is -4.50. The molecule has 186 valence electrons. The highest BCUT2D eigenvalue weighted by Crippen LogP contribution is 2.29. The van der Waals surface area contributed by atoms with Crippen molar-refractivity contribution in [1.29, 1.82) is 0 Å². The van der Waals surface area contributed by atoms with Gasteiger partial charge in [-0.2, -0.15) is 13.2 Å². The van der Waals surface area contributed by atoms with E-state index in [-0.39, 0.29) is 18.7 Å². The third-order valence-corrected chi connectivity index (χ3v) is 6.00. The second-order valence-electron chi connectivity index (χ2n) is 8.64. The number of rotatable bonds is 6. The van der Waals surface area contributed by atoms with Crippen molar-refractivity contribution in [2.45, 2.75) is 39.2 Å². The fraction of sp³-hybridized carbons (Fsp3) is 0.222. The van der Waals surface area contributed by atoms with E-state index >= 15 is 0 Å². The lowest BCUT2D eigenvalue weighted by Gasteiger charge is -2.20. The predicted octanol–water partition coefficient (Wildman–Crippen LogP) is 4.42. The number of alkyl halides is 3. The summed E-state index contributed by atoms with van der Waals surface area (Å²) in [7, 11) is 0. The number of aromatic nitrogens is 2. The van der Waals surface area contributed by atoms with Gasteiger partial charge in [0.15, 0.2) is 0 Å². The molecule has 3 aromatic carbocycles. The SMILES string of the molecule is Cc1ccc2c(c1)c(=O)n(Cc1ccccc1)c(=O)n2C(C)C(=O)NCc1cccc(C(F)(F)F)c1. The van der Waals surface area contributed by atoms with Crippen LogP contribution in [0.5, 0.6) is 0 Å². The quantitative estimate of drug-likeness (QED) is 0.431. The first-order valence-corrected chi connectivity index (χ1v) is 11.3. The Hall–Kier alpha value is -4.14. The minimum absolute atomic E-state index is 0.0287. The van der Waals surface area contributed by atoms with Crippen molar-refractivity contribution in [3.8, 4) is 0 Å². The number of carbonyl (C=O) groups is 1. The van der Waals surface area contributed by atoms with Crippen LogP contribution in [0, 0.1) is 6.92 Å². The van der Waals surface area contributed by atoms with Crippen LogP contribution in [0.1, 0.15) is 35.2 Å². The Balaban J connectivity index is 1.70. The number of fused-ring (bicyclic) bond motifs is 1. The monoisotopic (exact) mass is 495 g/mol. The number of nitrogens with zero attached hydrogens (tertiary/aromatic N) is 2. The molecule has 0 saturated carbocycles. The van der Waals surface area contributed by atoms with Gasteiger partial charge in [0, 0.05) is 6.54 Å². The molecule has 9 heteroatoms. The summed E-state index contributed by atoms with van der Waals surface area (Å²) >= 11 is 0. The maximum absolute atomic E-state index is 13.5. The van der Waals surface area contributed by atoms with Gasteiger partial charge in [-0.05, 0) is 49.2 Å². The molecule has 1 amide bonds. The minimum atomic E-state index is -4.50. The maximum Gasteiger partial charge on any atom is 0.416 e. The molecule has 0 spiro atoms. The van der Waals surface area contributed by atoms with Crippen LogP contribution < -0.4 is 16.6 Å². The first-order chi connectivity index (χ1) is 17.1. The zero-order chi connectivity index (χ0) is 26.0. The second kappa shape index (κ2) is 9.85. The molecule has 0 bridgehead atoms. The Bertz CT molecular complexity index is 1540. The zero-order valence-corrected chi connectivity index (χ0v) is 19.7. The smallest absolute Gasteiger partial charge is 0.350 e. The number of aryl methyl sites for hydroxylation is 1. The van der Waals surface area contributed by atoms with Crippen LogP contribution >= 0.6 is 0 Å². The molecule has 0 aliphatic rings. The van der Waals surface area contributed by atoms with Gasteiger partial charge in [-0.3, -0.25) is 18.7 Å². The van der Waals surface area contributed by atoms with Crippen LogP contribution in [0.4, 0.5) is 13.2 Å². The van der Waals surface area contributed by atoms with Gasteiger partial charge in [-0.15, -0.1) is 0 Å².